The van der Waals surface area contributed by atoms with Crippen LogP contribution in [0.2, 0.25) is 0 Å². The SMILES string of the molecule is CCc1cc(F)cc(C)c1NC(Cc1ccc(-n2cnc(CNc3cc(C)ccn3)n2)cc1)C(=O)O. The van der Waals surface area contributed by atoms with Crippen LogP contribution in [0, 0.1) is 19.7 Å². The van der Waals surface area contributed by atoms with E-state index in [9.17, 15) is 14.3 Å². The molecule has 0 aliphatic carbocycles. The van der Waals surface area contributed by atoms with Gasteiger partial charge in [-0.05, 0) is 78.9 Å². The molecule has 9 heteroatoms. The average molecular weight is 489 g/mol. The van der Waals surface area contributed by atoms with Crippen molar-refractivity contribution in [1.82, 2.24) is 19.7 Å². The summed E-state index contributed by atoms with van der Waals surface area (Å²) in [5.41, 5.74) is 4.89. The molecule has 0 radical (unpaired) electrons. The summed E-state index contributed by atoms with van der Waals surface area (Å²) in [6, 6.07) is 13.4. The van der Waals surface area contributed by atoms with E-state index in [0.29, 0.717) is 30.0 Å². The molecular weight excluding hydrogens is 459 g/mol. The van der Waals surface area contributed by atoms with Crippen molar-refractivity contribution in [2.24, 2.45) is 0 Å². The van der Waals surface area contributed by atoms with Crippen molar-refractivity contribution in [3.05, 3.63) is 95.0 Å². The summed E-state index contributed by atoms with van der Waals surface area (Å²) in [5, 5.41) is 20.7. The Morgan fingerprint density at radius 2 is 1.89 bits per heavy atom. The van der Waals surface area contributed by atoms with E-state index >= 15 is 0 Å². The molecule has 1 unspecified atom stereocenters. The van der Waals surface area contributed by atoms with E-state index in [1.165, 1.54) is 12.1 Å². The molecule has 2 aromatic heterocycles. The molecule has 2 aromatic carbocycles. The molecule has 0 aliphatic rings. The number of aromatic nitrogens is 4. The highest BCUT2D eigenvalue weighted by molar-refractivity contribution is 5.79. The second kappa shape index (κ2) is 11.0. The molecule has 3 N–H and O–H groups in total. The lowest BCUT2D eigenvalue weighted by molar-refractivity contribution is -0.137. The first kappa shape index (κ1) is 24.8. The van der Waals surface area contributed by atoms with Gasteiger partial charge in [-0.25, -0.2) is 23.8 Å². The van der Waals surface area contributed by atoms with Gasteiger partial charge in [0.25, 0.3) is 0 Å². The number of aliphatic carboxylic acids is 1. The summed E-state index contributed by atoms with van der Waals surface area (Å²) >= 11 is 0. The Kier molecular flexibility index (Phi) is 7.58. The van der Waals surface area contributed by atoms with Crippen LogP contribution in [-0.2, 0) is 24.2 Å². The number of anilines is 2. The van der Waals surface area contributed by atoms with Crippen LogP contribution < -0.4 is 10.6 Å². The summed E-state index contributed by atoms with van der Waals surface area (Å²) in [6.45, 7) is 6.14. The smallest absolute Gasteiger partial charge is 0.326 e. The first-order chi connectivity index (χ1) is 17.3. The van der Waals surface area contributed by atoms with Gasteiger partial charge in [-0.1, -0.05) is 19.1 Å². The van der Waals surface area contributed by atoms with Gasteiger partial charge >= 0.3 is 5.97 Å². The standard InChI is InChI=1S/C27H29FN6O2/c1-4-20-14-21(28)12-18(3)26(20)32-23(27(35)36)13-19-5-7-22(8-6-19)34-16-31-25(33-34)15-30-24-11-17(2)9-10-29-24/h5-12,14,16,23,32H,4,13,15H2,1-3H3,(H,29,30)(H,35,36). The number of aryl methyl sites for hydroxylation is 3. The van der Waals surface area contributed by atoms with Crippen molar-refractivity contribution in [2.45, 2.75) is 46.2 Å². The van der Waals surface area contributed by atoms with Crippen LogP contribution in [0.15, 0.2) is 61.1 Å². The molecule has 0 bridgehead atoms. The van der Waals surface area contributed by atoms with E-state index in [0.717, 1.165) is 28.2 Å². The van der Waals surface area contributed by atoms with Crippen molar-refractivity contribution in [3.8, 4) is 5.69 Å². The molecule has 0 spiro atoms. The van der Waals surface area contributed by atoms with Gasteiger partial charge in [-0.2, -0.15) is 0 Å². The number of hydrogen-bond acceptors (Lipinski definition) is 6. The predicted octanol–water partition coefficient (Wildman–Crippen LogP) is 4.70. The zero-order valence-electron chi connectivity index (χ0n) is 20.5. The van der Waals surface area contributed by atoms with Crippen molar-refractivity contribution in [2.75, 3.05) is 10.6 Å². The van der Waals surface area contributed by atoms with Gasteiger partial charge in [0.2, 0.25) is 0 Å². The van der Waals surface area contributed by atoms with Gasteiger partial charge < -0.3 is 15.7 Å². The number of halogens is 1. The lowest BCUT2D eigenvalue weighted by Crippen LogP contribution is -2.32. The maximum atomic E-state index is 13.8. The Labute approximate surface area is 209 Å². The lowest BCUT2D eigenvalue weighted by atomic mass is 10.0. The summed E-state index contributed by atoms with van der Waals surface area (Å²) in [6.07, 6.45) is 4.25. The largest absolute Gasteiger partial charge is 0.480 e. The molecule has 2 heterocycles. The molecule has 1 atom stereocenters. The van der Waals surface area contributed by atoms with Crippen molar-refractivity contribution < 1.29 is 14.3 Å². The molecule has 4 aromatic rings. The van der Waals surface area contributed by atoms with Crippen molar-refractivity contribution >= 4 is 17.5 Å². The van der Waals surface area contributed by atoms with Crippen LogP contribution in [0.3, 0.4) is 0 Å². The van der Waals surface area contributed by atoms with E-state index in [2.05, 4.69) is 25.7 Å². The molecule has 36 heavy (non-hydrogen) atoms. The van der Waals surface area contributed by atoms with E-state index in [-0.39, 0.29) is 12.2 Å². The topological polar surface area (TPSA) is 105 Å². The zero-order valence-corrected chi connectivity index (χ0v) is 20.5. The predicted molar refractivity (Wildman–Crippen MR) is 137 cm³/mol. The number of carbonyl (C=O) groups is 1. The number of benzene rings is 2. The molecule has 8 nitrogen and oxygen atoms in total. The molecule has 0 amide bonds. The van der Waals surface area contributed by atoms with E-state index < -0.39 is 12.0 Å². The fourth-order valence-electron chi connectivity index (χ4n) is 4.00. The van der Waals surface area contributed by atoms with Crippen LogP contribution in [0.1, 0.15) is 35.0 Å². The van der Waals surface area contributed by atoms with Gasteiger partial charge in [-0.15, -0.1) is 5.10 Å². The van der Waals surface area contributed by atoms with Gasteiger partial charge in [-0.3, -0.25) is 0 Å². The fraction of sp³-hybridized carbons (Fsp3) is 0.259. The Morgan fingerprint density at radius 1 is 1.11 bits per heavy atom. The Hall–Kier alpha value is -4.27. The maximum Gasteiger partial charge on any atom is 0.326 e. The van der Waals surface area contributed by atoms with Crippen molar-refractivity contribution in [1.29, 1.82) is 0 Å². The third-order valence-corrected chi connectivity index (χ3v) is 5.90. The van der Waals surface area contributed by atoms with E-state index in [1.807, 2.05) is 50.2 Å². The fourth-order valence-corrected chi connectivity index (χ4v) is 4.00. The number of pyridine rings is 1. The minimum absolute atomic E-state index is 0.269. The van der Waals surface area contributed by atoms with Gasteiger partial charge in [0, 0.05) is 18.3 Å². The minimum Gasteiger partial charge on any atom is -0.480 e. The molecule has 186 valence electrons. The highest BCUT2D eigenvalue weighted by atomic mass is 19.1. The maximum absolute atomic E-state index is 13.8. The number of carboxylic acid groups (broad SMARTS) is 1. The highest BCUT2D eigenvalue weighted by Crippen LogP contribution is 2.25. The van der Waals surface area contributed by atoms with Crippen LogP contribution in [-0.4, -0.2) is 36.9 Å². The Balaban J connectivity index is 1.42. The first-order valence-electron chi connectivity index (χ1n) is 11.8. The Morgan fingerprint density at radius 3 is 2.58 bits per heavy atom. The molecule has 0 aliphatic heterocycles. The summed E-state index contributed by atoms with van der Waals surface area (Å²) < 4.78 is 15.5. The van der Waals surface area contributed by atoms with Crippen LogP contribution in [0.4, 0.5) is 15.9 Å². The number of rotatable bonds is 10. The highest BCUT2D eigenvalue weighted by Gasteiger charge is 2.20. The minimum atomic E-state index is -0.971. The number of nitrogens with one attached hydrogen (secondary N) is 2. The first-order valence-corrected chi connectivity index (χ1v) is 11.8. The second-order valence-corrected chi connectivity index (χ2v) is 8.69. The van der Waals surface area contributed by atoms with Gasteiger partial charge in [0.15, 0.2) is 5.82 Å². The van der Waals surface area contributed by atoms with Crippen LogP contribution in [0.25, 0.3) is 5.69 Å². The van der Waals surface area contributed by atoms with Gasteiger partial charge in [0.05, 0.1) is 12.2 Å². The third-order valence-electron chi connectivity index (χ3n) is 5.90. The number of carboxylic acids is 1. The number of hydrogen-bond donors (Lipinski definition) is 3. The summed E-state index contributed by atoms with van der Waals surface area (Å²) in [7, 11) is 0. The molecule has 0 fully saturated rings. The third kappa shape index (κ3) is 6.04. The molecule has 0 saturated heterocycles. The molecule has 0 saturated carbocycles. The quantitative estimate of drug-likeness (QED) is 0.297. The monoisotopic (exact) mass is 488 g/mol. The Bertz CT molecular complexity index is 1350. The van der Waals surface area contributed by atoms with Gasteiger partial charge in [0.1, 0.15) is 24.0 Å². The van der Waals surface area contributed by atoms with E-state index in [4.69, 9.17) is 0 Å². The second-order valence-electron chi connectivity index (χ2n) is 8.69. The molecular formula is C27H29FN6O2. The molecule has 4 rings (SSSR count). The van der Waals surface area contributed by atoms with E-state index in [1.54, 1.807) is 24.1 Å². The van der Waals surface area contributed by atoms with Crippen LogP contribution in [0.5, 0.6) is 0 Å². The average Bonchev–Trinajstić information content (AvgIpc) is 3.33. The normalized spacial score (nSPS) is 11.8. The van der Waals surface area contributed by atoms with Crippen molar-refractivity contribution in [3.63, 3.8) is 0 Å². The lowest BCUT2D eigenvalue weighted by Gasteiger charge is -2.20. The van der Waals surface area contributed by atoms with Crippen LogP contribution >= 0.6 is 0 Å². The summed E-state index contributed by atoms with van der Waals surface area (Å²) in [5.74, 6) is 0.0933. The summed E-state index contributed by atoms with van der Waals surface area (Å²) in [4.78, 5) is 20.6. The number of nitrogens with zero attached hydrogens (tertiary/aromatic N) is 4. The zero-order chi connectivity index (χ0) is 25.7.